The van der Waals surface area contributed by atoms with Crippen molar-refractivity contribution in [3.05, 3.63) is 169 Å². The summed E-state index contributed by atoms with van der Waals surface area (Å²) in [6, 6.07) is 50.5. The molecule has 0 aliphatic rings. The van der Waals surface area contributed by atoms with Crippen LogP contribution in [0.3, 0.4) is 0 Å². The number of imidazole rings is 1. The molecule has 3 heterocycles. The molecule has 0 aliphatic heterocycles. The molecule has 7 heteroatoms. The monoisotopic (exact) mass is 956 g/mol. The van der Waals surface area contributed by atoms with E-state index in [1.165, 1.54) is 28.1 Å². The second-order valence-electron chi connectivity index (χ2n) is 16.2. The maximum atomic E-state index is 14.0. The van der Waals surface area contributed by atoms with Crippen molar-refractivity contribution in [2.75, 3.05) is 0 Å². The molecule has 0 spiro atoms. The molecular weight excluding hydrogens is 910 g/mol. The molecule has 9 aromatic rings. The van der Waals surface area contributed by atoms with Crippen LogP contribution in [0.25, 0.3) is 72.4 Å². The Hall–Kier alpha value is -5.46. The molecule has 0 fully saturated rings. The topological polar surface area (TPSA) is 43.9 Å². The first kappa shape index (κ1) is 40.7. The third-order valence-corrected chi connectivity index (χ3v) is 12.6. The van der Waals surface area contributed by atoms with Crippen LogP contribution in [0.5, 0.6) is 0 Å². The van der Waals surface area contributed by atoms with E-state index in [-0.39, 0.29) is 25.9 Å². The second-order valence-corrected chi connectivity index (χ2v) is 21.3. The number of rotatable bonds is 7. The van der Waals surface area contributed by atoms with Gasteiger partial charge in [-0.05, 0) is 75.3 Å². The molecule has 0 amide bonds. The van der Waals surface area contributed by atoms with Crippen molar-refractivity contribution in [3.8, 4) is 39.5 Å². The van der Waals surface area contributed by atoms with E-state index >= 15 is 0 Å². The van der Waals surface area contributed by atoms with E-state index < -0.39 is 8.07 Å². The zero-order valence-electron chi connectivity index (χ0n) is 33.9. The van der Waals surface area contributed by atoms with Gasteiger partial charge in [0.25, 0.3) is 0 Å². The van der Waals surface area contributed by atoms with Crippen LogP contribution in [-0.2, 0) is 20.1 Å². The zero-order valence-corrected chi connectivity index (χ0v) is 37.3. The minimum Gasteiger partial charge on any atom is -0.501 e. The summed E-state index contributed by atoms with van der Waals surface area (Å²) in [4.78, 5) is 9.70. The Bertz CT molecular complexity index is 2830. The normalized spacial score (nSPS) is 11.6. The number of para-hydroxylation sites is 3. The van der Waals surface area contributed by atoms with Gasteiger partial charge < -0.3 is 14.0 Å². The average Bonchev–Trinajstić information content (AvgIpc) is 3.79. The number of nitrogens with zero attached hydrogens (tertiary/aromatic N) is 3. The molecule has 58 heavy (non-hydrogen) atoms. The summed E-state index contributed by atoms with van der Waals surface area (Å²) >= 11 is 0. The standard InChI is InChI=1S/C37H30FN2O.C14H16NSi.Ir/c1-22(2)27-12-8-13-28(23(3)4)35(27)40-33-17-6-5-16-32(33)39-37(40)31-15-9-14-30-29-19-18-25(21-34(29)41-36(30)31)24-10-7-11-26(38)20-24;1-16(2,3)13-9-10-14(15-11-13)12-7-5-4-6-8-12;/h5-14,16-23H,1-4H3;4-7,9-11H,1-3H3;/q2*-1;. The number of hydrogen-bond donors (Lipinski definition) is 0. The zero-order chi connectivity index (χ0) is 39.8. The Morgan fingerprint density at radius 2 is 1.41 bits per heavy atom. The first-order valence-corrected chi connectivity index (χ1v) is 23.2. The van der Waals surface area contributed by atoms with E-state index in [2.05, 4.69) is 124 Å². The average molecular weight is 956 g/mol. The van der Waals surface area contributed by atoms with E-state index in [9.17, 15) is 4.39 Å². The van der Waals surface area contributed by atoms with E-state index in [1.54, 1.807) is 12.1 Å². The molecule has 3 aromatic heterocycles. The van der Waals surface area contributed by atoms with Crippen molar-refractivity contribution in [2.45, 2.75) is 59.2 Å². The summed E-state index contributed by atoms with van der Waals surface area (Å²) in [5.74, 6) is 1.19. The van der Waals surface area contributed by atoms with Gasteiger partial charge in [-0.15, -0.1) is 54.1 Å². The maximum Gasteiger partial charge on any atom is 0.123 e. The van der Waals surface area contributed by atoms with Crippen LogP contribution in [0, 0.1) is 17.9 Å². The summed E-state index contributed by atoms with van der Waals surface area (Å²) in [7, 11) is -1.23. The van der Waals surface area contributed by atoms with E-state index in [0.717, 1.165) is 66.7 Å². The van der Waals surface area contributed by atoms with Gasteiger partial charge in [-0.1, -0.05) is 125 Å². The molecule has 0 aliphatic carbocycles. The molecule has 0 bridgehead atoms. The van der Waals surface area contributed by atoms with Gasteiger partial charge in [-0.25, -0.2) is 4.39 Å². The van der Waals surface area contributed by atoms with Gasteiger partial charge in [-0.2, -0.15) is 0 Å². The number of aromatic nitrogens is 3. The van der Waals surface area contributed by atoms with E-state index in [0.29, 0.717) is 11.8 Å². The molecule has 4 nitrogen and oxygen atoms in total. The molecule has 0 atom stereocenters. The van der Waals surface area contributed by atoms with Crippen molar-refractivity contribution in [2.24, 2.45) is 0 Å². The summed E-state index contributed by atoms with van der Waals surface area (Å²) in [5, 5.41) is 3.40. The van der Waals surface area contributed by atoms with Crippen LogP contribution in [0.4, 0.5) is 4.39 Å². The summed E-state index contributed by atoms with van der Waals surface area (Å²) < 4.78 is 22.9. The Labute approximate surface area is 355 Å². The smallest absolute Gasteiger partial charge is 0.123 e. The van der Waals surface area contributed by atoms with Gasteiger partial charge in [0, 0.05) is 37.4 Å². The number of hydrogen-bond acceptors (Lipinski definition) is 3. The Morgan fingerprint density at radius 3 is 2.09 bits per heavy atom. The second kappa shape index (κ2) is 16.8. The number of pyridine rings is 1. The minimum absolute atomic E-state index is 0. The van der Waals surface area contributed by atoms with Gasteiger partial charge in [0.05, 0.1) is 30.5 Å². The predicted octanol–water partition coefficient (Wildman–Crippen LogP) is 13.5. The third kappa shape index (κ3) is 8.00. The van der Waals surface area contributed by atoms with Gasteiger partial charge >= 0.3 is 0 Å². The number of benzene rings is 6. The number of fused-ring (bicyclic) bond motifs is 4. The molecular formula is C51H46FIrN3OSi-2. The fraction of sp³-hybridized carbons (Fsp3) is 0.176. The number of halogens is 1. The SMILES string of the molecule is CC(C)c1cccc(C(C)C)c1-n1c(-c2[c-]ccc3c2oc2cc(-c4cccc(F)c4)ccc23)nc2ccccc21.C[Si](C)(C)c1ccc(-c2[c-]cccc2)nc1.[Ir]. The van der Waals surface area contributed by atoms with Crippen molar-refractivity contribution in [1.29, 1.82) is 0 Å². The Kier molecular flexibility index (Phi) is 11.8. The van der Waals surface area contributed by atoms with Crippen molar-refractivity contribution in [1.82, 2.24) is 14.5 Å². The van der Waals surface area contributed by atoms with Crippen LogP contribution in [-0.4, -0.2) is 22.6 Å². The van der Waals surface area contributed by atoms with E-state index in [4.69, 9.17) is 9.40 Å². The Morgan fingerprint density at radius 1 is 0.690 bits per heavy atom. The van der Waals surface area contributed by atoms with Crippen molar-refractivity contribution >= 4 is 46.2 Å². The quantitative estimate of drug-likeness (QED) is 0.118. The van der Waals surface area contributed by atoms with Gasteiger partial charge in [0.1, 0.15) is 11.4 Å². The number of furan rings is 1. The van der Waals surface area contributed by atoms with Crippen LogP contribution >= 0.6 is 0 Å². The first-order valence-electron chi connectivity index (χ1n) is 19.7. The molecule has 6 aromatic carbocycles. The molecule has 9 rings (SSSR count). The fourth-order valence-corrected chi connectivity index (χ4v) is 8.53. The summed E-state index contributed by atoms with van der Waals surface area (Å²) in [5.41, 5.74) is 11.8. The molecule has 0 saturated carbocycles. The molecule has 0 N–H and O–H groups in total. The van der Waals surface area contributed by atoms with Gasteiger partial charge in [0.2, 0.25) is 0 Å². The van der Waals surface area contributed by atoms with Crippen LogP contribution in [0.1, 0.15) is 50.7 Å². The molecule has 1 radical (unpaired) electrons. The molecule has 0 saturated heterocycles. The minimum atomic E-state index is -1.23. The fourth-order valence-electron chi connectivity index (χ4n) is 7.49. The van der Waals surface area contributed by atoms with Gasteiger partial charge in [0.15, 0.2) is 0 Å². The van der Waals surface area contributed by atoms with E-state index in [1.807, 2.05) is 66.9 Å². The molecule has 0 unspecified atom stereocenters. The first-order chi connectivity index (χ1) is 27.5. The third-order valence-electron chi connectivity index (χ3n) is 10.6. The summed E-state index contributed by atoms with van der Waals surface area (Å²) in [6.07, 6.45) is 2.02. The van der Waals surface area contributed by atoms with Crippen LogP contribution in [0.15, 0.2) is 144 Å². The predicted molar refractivity (Wildman–Crippen MR) is 238 cm³/mol. The Balaban J connectivity index is 0.000000254. The van der Waals surface area contributed by atoms with Crippen LogP contribution < -0.4 is 5.19 Å². The maximum absolute atomic E-state index is 14.0. The largest absolute Gasteiger partial charge is 0.501 e. The van der Waals surface area contributed by atoms with Gasteiger partial charge in [-0.3, -0.25) is 4.98 Å². The molecule has 293 valence electrons. The van der Waals surface area contributed by atoms with Crippen LogP contribution in [0.2, 0.25) is 19.6 Å². The van der Waals surface area contributed by atoms with Crippen molar-refractivity contribution < 1.29 is 28.9 Å². The van der Waals surface area contributed by atoms with Crippen molar-refractivity contribution in [3.63, 3.8) is 0 Å². The summed E-state index contributed by atoms with van der Waals surface area (Å²) in [6.45, 7) is 16.0.